The number of epoxide rings is 1. The van der Waals surface area contributed by atoms with Gasteiger partial charge in [0.25, 0.3) is 5.88 Å². The average Bonchev–Trinajstić information content (AvgIpc) is 3.75. The molecule has 0 bridgehead atoms. The molecule has 0 saturated carbocycles. The Bertz CT molecular complexity index is 2200. The molecular weight excluding hydrogens is 680 g/mol. The molecule has 1 N–H and O–H groups in total. The number of aldehydes is 1. The maximum Gasteiger partial charge on any atom is 0.514 e. The number of carbonyl (C=O) groups is 4. The van der Waals surface area contributed by atoms with Gasteiger partial charge >= 0.3 is 6.16 Å². The van der Waals surface area contributed by atoms with Crippen LogP contribution in [-0.2, 0) is 28.9 Å². The molecule has 3 atom stereocenters. The molecule has 0 amide bonds. The minimum atomic E-state index is -1.35. The third kappa shape index (κ3) is 6.16. The van der Waals surface area contributed by atoms with E-state index in [4.69, 9.17) is 28.2 Å². The first kappa shape index (κ1) is 35.6. The zero-order chi connectivity index (χ0) is 37.7. The van der Waals surface area contributed by atoms with E-state index in [0.717, 1.165) is 5.56 Å². The maximum absolute atomic E-state index is 14.8. The number of rotatable bonds is 8. The number of carbonyl (C=O) groups excluding carboxylic acids is 4. The van der Waals surface area contributed by atoms with E-state index in [-0.39, 0.29) is 53.6 Å². The van der Waals surface area contributed by atoms with Gasteiger partial charge in [0.1, 0.15) is 36.4 Å². The molecule has 12 heteroatoms. The minimum Gasteiger partial charge on any atom is -0.489 e. The van der Waals surface area contributed by atoms with Gasteiger partial charge in [-0.25, -0.2) is 4.79 Å². The fraction of sp³-hybridized carbons (Fsp3) is 0.341. The van der Waals surface area contributed by atoms with Crippen LogP contribution in [0.3, 0.4) is 0 Å². The molecule has 1 aliphatic heterocycles. The standard InChI is InChI=1S/C39H33NO10.C2H7N/c1-5-13-45-32-24-12-11-21(18-41)14-25(24)33(47-37(44)49-38(2,3)4)29-26(32)16-22-15-23-17-27-30(34(43)39(23)35(48-39)28(22)31(29)42)36(40-50-27)46-19-20-9-7-6-8-10-20;1-3-2/h5-12,14,18,22-23H,1,13,15-17,19H2,2-4H3;3H,1-2H3/t22?,23-,39+;/m0./s1. The molecule has 3 aromatic carbocycles. The molecule has 274 valence electrons. The van der Waals surface area contributed by atoms with E-state index in [2.05, 4.69) is 17.1 Å². The Morgan fingerprint density at radius 2 is 1.79 bits per heavy atom. The minimum absolute atomic E-state index is 0.0554. The molecule has 53 heavy (non-hydrogen) atoms. The molecule has 4 aromatic rings. The lowest BCUT2D eigenvalue weighted by atomic mass is 9.63. The summed E-state index contributed by atoms with van der Waals surface area (Å²) < 4.78 is 35.4. The van der Waals surface area contributed by atoms with E-state index in [1.165, 1.54) is 0 Å². The summed E-state index contributed by atoms with van der Waals surface area (Å²) in [6.07, 6.45) is 2.39. The van der Waals surface area contributed by atoms with Crippen molar-refractivity contribution in [3.05, 3.63) is 106 Å². The van der Waals surface area contributed by atoms with Crippen molar-refractivity contribution in [2.24, 2.45) is 11.8 Å². The second kappa shape index (κ2) is 13.7. The predicted octanol–water partition coefficient (Wildman–Crippen LogP) is 6.77. The first-order valence-electron chi connectivity index (χ1n) is 17.4. The van der Waals surface area contributed by atoms with Gasteiger partial charge in [0, 0.05) is 39.8 Å². The Hall–Kier alpha value is -5.75. The quantitative estimate of drug-likeness (QED) is 0.0671. The number of allylic oxidation sites excluding steroid dienone is 1. The number of ketones is 2. The van der Waals surface area contributed by atoms with Crippen molar-refractivity contribution >= 4 is 34.8 Å². The number of ether oxygens (including phenoxy) is 5. The molecule has 4 aliphatic rings. The van der Waals surface area contributed by atoms with Crippen molar-refractivity contribution in [2.75, 3.05) is 20.7 Å². The molecule has 3 aliphatic carbocycles. The van der Waals surface area contributed by atoms with Gasteiger partial charge in [0.15, 0.2) is 23.1 Å². The third-order valence-corrected chi connectivity index (χ3v) is 9.62. The Morgan fingerprint density at radius 3 is 2.49 bits per heavy atom. The summed E-state index contributed by atoms with van der Waals surface area (Å²) >= 11 is 0. The lowest BCUT2D eigenvalue weighted by Crippen LogP contribution is -2.44. The van der Waals surface area contributed by atoms with Gasteiger partial charge in [0.05, 0.1) is 5.56 Å². The van der Waals surface area contributed by atoms with Gasteiger partial charge in [-0.3, -0.25) is 14.4 Å². The van der Waals surface area contributed by atoms with Crippen LogP contribution in [0.1, 0.15) is 75.2 Å². The van der Waals surface area contributed by atoms with Crippen LogP contribution in [-0.4, -0.2) is 61.1 Å². The summed E-state index contributed by atoms with van der Waals surface area (Å²) in [6.45, 7) is 9.20. The number of aromatic nitrogens is 1. The number of Topliss-reactive ketones (excluding diaryl/α,β-unsaturated/α-hetero) is 2. The topological polar surface area (TPSA) is 156 Å². The number of fused-ring (bicyclic) bond motifs is 4. The highest BCUT2D eigenvalue weighted by Gasteiger charge is 2.72. The lowest BCUT2D eigenvalue weighted by Gasteiger charge is -2.36. The smallest absolute Gasteiger partial charge is 0.489 e. The van der Waals surface area contributed by atoms with Crippen LogP contribution in [0.2, 0.25) is 0 Å². The second-order valence-electron chi connectivity index (χ2n) is 14.4. The number of nitrogens with zero attached hydrogens (tertiary/aromatic N) is 1. The van der Waals surface area contributed by atoms with E-state index < -0.39 is 23.1 Å². The van der Waals surface area contributed by atoms with Crippen molar-refractivity contribution in [1.82, 2.24) is 10.5 Å². The molecule has 8 rings (SSSR count). The largest absolute Gasteiger partial charge is 0.514 e. The Kier molecular flexibility index (Phi) is 9.19. The summed E-state index contributed by atoms with van der Waals surface area (Å²) in [7, 11) is 3.75. The second-order valence-corrected chi connectivity index (χ2v) is 14.4. The van der Waals surface area contributed by atoms with Crippen molar-refractivity contribution in [1.29, 1.82) is 0 Å². The van der Waals surface area contributed by atoms with Gasteiger partial charge in [-0.05, 0) is 76.5 Å². The van der Waals surface area contributed by atoms with Gasteiger partial charge in [0.2, 0.25) is 11.4 Å². The van der Waals surface area contributed by atoms with Crippen molar-refractivity contribution in [3.63, 3.8) is 0 Å². The zero-order valence-electron chi connectivity index (χ0n) is 30.2. The molecule has 1 aromatic heterocycles. The van der Waals surface area contributed by atoms with Crippen LogP contribution in [0.15, 0.2) is 77.0 Å². The molecule has 2 heterocycles. The van der Waals surface area contributed by atoms with Crippen LogP contribution in [0.4, 0.5) is 4.79 Å². The van der Waals surface area contributed by atoms with Crippen molar-refractivity contribution in [3.8, 4) is 17.4 Å². The highest BCUT2D eigenvalue weighted by atomic mass is 16.7. The van der Waals surface area contributed by atoms with Crippen LogP contribution < -0.4 is 19.5 Å². The van der Waals surface area contributed by atoms with Crippen LogP contribution in [0.25, 0.3) is 10.8 Å². The van der Waals surface area contributed by atoms with Gasteiger partial charge in [-0.2, -0.15) is 0 Å². The van der Waals surface area contributed by atoms with Gasteiger partial charge in [-0.15, -0.1) is 0 Å². The number of hydrogen-bond acceptors (Lipinski definition) is 12. The normalized spacial score (nSPS) is 20.6. The molecule has 12 nitrogen and oxygen atoms in total. The number of nitrogens with one attached hydrogen (secondary N) is 1. The lowest BCUT2D eigenvalue weighted by molar-refractivity contribution is 0.0207. The third-order valence-electron chi connectivity index (χ3n) is 9.62. The summed E-state index contributed by atoms with van der Waals surface area (Å²) in [4.78, 5) is 54.1. The van der Waals surface area contributed by atoms with Gasteiger partial charge in [-0.1, -0.05) is 49.1 Å². The molecule has 1 saturated heterocycles. The predicted molar refractivity (Wildman–Crippen MR) is 193 cm³/mol. The summed E-state index contributed by atoms with van der Waals surface area (Å²) in [6, 6.07) is 14.4. The zero-order valence-corrected chi connectivity index (χ0v) is 30.2. The first-order valence-corrected chi connectivity index (χ1v) is 17.4. The SMILES string of the molecule is C=CCOc1c2c(c(OC(=O)OC(C)(C)C)c3cc(C=O)ccc13)C(=O)C1=C3O[C@]34C(=O)c3c(OCc5ccccc5)noc3C[C@@H]4CC1C2.CNC. The monoisotopic (exact) mass is 720 g/mol. The van der Waals surface area contributed by atoms with E-state index in [9.17, 15) is 19.2 Å². The first-order chi connectivity index (χ1) is 25.4. The van der Waals surface area contributed by atoms with E-state index in [1.54, 1.807) is 45.0 Å². The fourth-order valence-electron chi connectivity index (χ4n) is 7.56. The highest BCUT2D eigenvalue weighted by molar-refractivity contribution is 6.20. The van der Waals surface area contributed by atoms with Crippen molar-refractivity contribution in [2.45, 2.75) is 57.8 Å². The Morgan fingerprint density at radius 1 is 1.04 bits per heavy atom. The summed E-state index contributed by atoms with van der Waals surface area (Å²) in [5.41, 5.74) is 0.174. The van der Waals surface area contributed by atoms with Gasteiger partial charge < -0.3 is 33.5 Å². The van der Waals surface area contributed by atoms with E-state index >= 15 is 0 Å². The molecule has 1 fully saturated rings. The average molecular weight is 721 g/mol. The summed E-state index contributed by atoms with van der Waals surface area (Å²) in [5.74, 6) is -0.266. The fourth-order valence-corrected chi connectivity index (χ4v) is 7.56. The van der Waals surface area contributed by atoms with Crippen LogP contribution in [0, 0.1) is 11.8 Å². The van der Waals surface area contributed by atoms with E-state index in [1.807, 2.05) is 44.4 Å². The van der Waals surface area contributed by atoms with Crippen molar-refractivity contribution < 1.29 is 47.4 Å². The molecule has 0 radical (unpaired) electrons. The van der Waals surface area contributed by atoms with Crippen LogP contribution in [0.5, 0.6) is 17.4 Å². The number of benzene rings is 3. The van der Waals surface area contributed by atoms with Crippen LogP contribution >= 0.6 is 0 Å². The maximum atomic E-state index is 14.8. The molecule has 1 spiro atoms. The summed E-state index contributed by atoms with van der Waals surface area (Å²) in [5, 5.41) is 7.71. The number of hydrogen-bond donors (Lipinski definition) is 1. The molecular formula is C41H40N2O10. The highest BCUT2D eigenvalue weighted by Crippen LogP contribution is 2.64. The Labute approximate surface area is 306 Å². The Balaban J connectivity index is 0.00000140. The molecule has 1 unspecified atom stereocenters. The van der Waals surface area contributed by atoms with E-state index in [0.29, 0.717) is 70.3 Å².